The molecule has 26 heavy (non-hydrogen) atoms. The molecule has 1 amide bonds. The van der Waals surface area contributed by atoms with Crippen molar-refractivity contribution in [1.29, 1.82) is 0 Å². The Kier molecular flexibility index (Phi) is 5.02. The second kappa shape index (κ2) is 7.39. The van der Waals surface area contributed by atoms with E-state index in [1.54, 1.807) is 13.2 Å². The van der Waals surface area contributed by atoms with Crippen LogP contribution < -0.4 is 15.6 Å². The van der Waals surface area contributed by atoms with Crippen molar-refractivity contribution in [2.75, 3.05) is 12.4 Å². The van der Waals surface area contributed by atoms with Crippen LogP contribution in [0.5, 0.6) is 5.75 Å². The lowest BCUT2D eigenvalue weighted by Gasteiger charge is -2.12. The van der Waals surface area contributed by atoms with Crippen LogP contribution in [0.3, 0.4) is 0 Å². The summed E-state index contributed by atoms with van der Waals surface area (Å²) < 4.78 is 6.73. The summed E-state index contributed by atoms with van der Waals surface area (Å²) in [6, 6.07) is 11.1. The maximum Gasteiger partial charge on any atom is 0.261 e. The summed E-state index contributed by atoms with van der Waals surface area (Å²) in [5, 5.41) is 3.40. The Hall–Kier alpha value is -3.15. The smallest absolute Gasteiger partial charge is 0.261 e. The Bertz CT molecular complexity index is 1020. The number of nitrogens with one attached hydrogen (secondary N) is 1. The maximum atomic E-state index is 12.6. The Balaban J connectivity index is 1.74. The third kappa shape index (κ3) is 3.59. The number of methoxy groups -OCH3 is 1. The molecule has 6 nitrogen and oxygen atoms in total. The van der Waals surface area contributed by atoms with Gasteiger partial charge in [-0.2, -0.15) is 0 Å². The fourth-order valence-corrected chi connectivity index (χ4v) is 2.85. The molecular formula is C20H21N3O3. The number of amides is 1. The summed E-state index contributed by atoms with van der Waals surface area (Å²) in [7, 11) is 1.56. The molecule has 0 fully saturated rings. The molecule has 1 aromatic heterocycles. The van der Waals surface area contributed by atoms with Gasteiger partial charge in [-0.15, -0.1) is 0 Å². The van der Waals surface area contributed by atoms with Crippen LogP contribution in [0.1, 0.15) is 17.5 Å². The zero-order chi connectivity index (χ0) is 18.7. The van der Waals surface area contributed by atoms with E-state index in [-0.39, 0.29) is 24.4 Å². The number of para-hydroxylation sites is 1. The van der Waals surface area contributed by atoms with Gasteiger partial charge >= 0.3 is 0 Å². The number of benzene rings is 2. The third-order valence-electron chi connectivity index (χ3n) is 4.26. The topological polar surface area (TPSA) is 73.2 Å². The highest BCUT2D eigenvalue weighted by Crippen LogP contribution is 2.25. The van der Waals surface area contributed by atoms with Crippen LogP contribution in [0, 0.1) is 13.8 Å². The SMILES string of the molecule is COc1ccc(C)cc1NC(=O)CCn1cnc2c(C)cccc2c1=O. The van der Waals surface area contributed by atoms with Crippen molar-refractivity contribution in [2.24, 2.45) is 0 Å². The van der Waals surface area contributed by atoms with Crippen molar-refractivity contribution >= 4 is 22.5 Å². The van der Waals surface area contributed by atoms with Gasteiger partial charge in [0.15, 0.2) is 0 Å². The number of ether oxygens (including phenoxy) is 1. The second-order valence-corrected chi connectivity index (χ2v) is 6.22. The van der Waals surface area contributed by atoms with Gasteiger partial charge in [-0.25, -0.2) is 4.98 Å². The van der Waals surface area contributed by atoms with E-state index in [4.69, 9.17) is 4.74 Å². The molecule has 134 valence electrons. The maximum absolute atomic E-state index is 12.6. The van der Waals surface area contributed by atoms with Crippen molar-refractivity contribution < 1.29 is 9.53 Å². The molecule has 0 spiro atoms. The van der Waals surface area contributed by atoms with Gasteiger partial charge in [-0.05, 0) is 43.2 Å². The van der Waals surface area contributed by atoms with Crippen LogP contribution in [-0.4, -0.2) is 22.6 Å². The molecule has 0 atom stereocenters. The molecule has 1 N–H and O–H groups in total. The first kappa shape index (κ1) is 17.7. The van der Waals surface area contributed by atoms with Crippen LogP contribution >= 0.6 is 0 Å². The minimum atomic E-state index is -0.190. The van der Waals surface area contributed by atoms with Gasteiger partial charge in [0.05, 0.1) is 30.0 Å². The van der Waals surface area contributed by atoms with E-state index in [2.05, 4.69) is 10.3 Å². The number of aromatic nitrogens is 2. The molecule has 0 unspecified atom stereocenters. The normalized spacial score (nSPS) is 10.7. The quantitative estimate of drug-likeness (QED) is 0.767. The molecule has 0 aliphatic carbocycles. The van der Waals surface area contributed by atoms with E-state index in [1.807, 2.05) is 44.2 Å². The molecule has 0 bridgehead atoms. The fraction of sp³-hybridized carbons (Fsp3) is 0.250. The second-order valence-electron chi connectivity index (χ2n) is 6.22. The number of anilines is 1. The molecule has 3 aromatic rings. The van der Waals surface area contributed by atoms with Gasteiger partial charge in [0.1, 0.15) is 5.75 Å². The lowest BCUT2D eigenvalue weighted by molar-refractivity contribution is -0.116. The molecule has 0 aliphatic heterocycles. The molecule has 0 saturated heterocycles. The van der Waals surface area contributed by atoms with E-state index >= 15 is 0 Å². The van der Waals surface area contributed by atoms with Gasteiger partial charge in [0.2, 0.25) is 5.91 Å². The Morgan fingerprint density at radius 2 is 2.04 bits per heavy atom. The first-order valence-electron chi connectivity index (χ1n) is 8.39. The number of hydrogen-bond acceptors (Lipinski definition) is 4. The van der Waals surface area contributed by atoms with E-state index in [9.17, 15) is 9.59 Å². The minimum absolute atomic E-state index is 0.139. The van der Waals surface area contributed by atoms with Crippen LogP contribution in [0.2, 0.25) is 0 Å². The monoisotopic (exact) mass is 351 g/mol. The van der Waals surface area contributed by atoms with E-state index in [0.29, 0.717) is 22.3 Å². The highest BCUT2D eigenvalue weighted by atomic mass is 16.5. The third-order valence-corrected chi connectivity index (χ3v) is 4.26. The molecule has 0 aliphatic rings. The Labute approximate surface area is 151 Å². The van der Waals surface area contributed by atoms with Crippen molar-refractivity contribution in [2.45, 2.75) is 26.8 Å². The summed E-state index contributed by atoms with van der Waals surface area (Å²) in [6.45, 7) is 4.12. The number of nitrogens with zero attached hydrogens (tertiary/aromatic N) is 2. The summed E-state index contributed by atoms with van der Waals surface area (Å²) in [6.07, 6.45) is 1.66. The van der Waals surface area contributed by atoms with Gasteiger partial charge in [-0.3, -0.25) is 14.2 Å². The minimum Gasteiger partial charge on any atom is -0.495 e. The zero-order valence-corrected chi connectivity index (χ0v) is 15.1. The summed E-state index contributed by atoms with van der Waals surface area (Å²) in [4.78, 5) is 29.2. The Morgan fingerprint density at radius 1 is 1.23 bits per heavy atom. The van der Waals surface area contributed by atoms with E-state index in [1.165, 1.54) is 10.9 Å². The lowest BCUT2D eigenvalue weighted by Crippen LogP contribution is -2.24. The average Bonchev–Trinajstić information content (AvgIpc) is 2.62. The molecular weight excluding hydrogens is 330 g/mol. The molecule has 2 aromatic carbocycles. The number of aryl methyl sites for hydroxylation is 3. The van der Waals surface area contributed by atoms with Crippen molar-refractivity contribution in [3.8, 4) is 5.75 Å². The molecule has 6 heteroatoms. The van der Waals surface area contributed by atoms with Crippen LogP contribution in [0.25, 0.3) is 10.9 Å². The van der Waals surface area contributed by atoms with Crippen LogP contribution in [0.4, 0.5) is 5.69 Å². The zero-order valence-electron chi connectivity index (χ0n) is 15.1. The van der Waals surface area contributed by atoms with Gasteiger partial charge < -0.3 is 10.1 Å². The number of rotatable bonds is 5. The van der Waals surface area contributed by atoms with Crippen LogP contribution in [-0.2, 0) is 11.3 Å². The number of hydrogen-bond donors (Lipinski definition) is 1. The van der Waals surface area contributed by atoms with Crippen molar-refractivity contribution in [1.82, 2.24) is 9.55 Å². The summed E-state index contributed by atoms with van der Waals surface area (Å²) in [5.74, 6) is 0.411. The van der Waals surface area contributed by atoms with E-state index in [0.717, 1.165) is 11.1 Å². The van der Waals surface area contributed by atoms with Gasteiger partial charge in [0, 0.05) is 13.0 Å². The van der Waals surface area contributed by atoms with Gasteiger partial charge in [0.25, 0.3) is 5.56 Å². The standard InChI is InChI=1S/C20H21N3O3/c1-13-7-8-17(26-3)16(11-13)22-18(24)9-10-23-12-21-19-14(2)5-4-6-15(19)20(23)25/h4-8,11-12H,9-10H2,1-3H3,(H,22,24). The average molecular weight is 351 g/mol. The van der Waals surface area contributed by atoms with Crippen molar-refractivity contribution in [3.05, 3.63) is 64.2 Å². The predicted molar refractivity (Wildman–Crippen MR) is 102 cm³/mol. The summed E-state index contributed by atoms with van der Waals surface area (Å²) >= 11 is 0. The number of carbonyl (C=O) groups is 1. The molecule has 3 rings (SSSR count). The number of carbonyl (C=O) groups excluding carboxylic acids is 1. The Morgan fingerprint density at radius 3 is 2.81 bits per heavy atom. The first-order chi connectivity index (χ1) is 12.5. The number of fused-ring (bicyclic) bond motifs is 1. The lowest BCUT2D eigenvalue weighted by atomic mass is 10.1. The highest BCUT2D eigenvalue weighted by Gasteiger charge is 2.10. The predicted octanol–water partition coefficient (Wildman–Crippen LogP) is 3.05. The van der Waals surface area contributed by atoms with Gasteiger partial charge in [-0.1, -0.05) is 18.2 Å². The van der Waals surface area contributed by atoms with Crippen LogP contribution in [0.15, 0.2) is 47.5 Å². The molecule has 1 heterocycles. The van der Waals surface area contributed by atoms with E-state index < -0.39 is 0 Å². The largest absolute Gasteiger partial charge is 0.495 e. The fourth-order valence-electron chi connectivity index (χ4n) is 2.85. The van der Waals surface area contributed by atoms with Crippen molar-refractivity contribution in [3.63, 3.8) is 0 Å². The molecule has 0 saturated carbocycles. The first-order valence-corrected chi connectivity index (χ1v) is 8.39. The summed E-state index contributed by atoms with van der Waals surface area (Å²) in [5.41, 5.74) is 3.15. The molecule has 0 radical (unpaired) electrons. The highest BCUT2D eigenvalue weighted by molar-refractivity contribution is 5.92.